The van der Waals surface area contributed by atoms with Gasteiger partial charge >= 0.3 is 0 Å². The van der Waals surface area contributed by atoms with E-state index in [-0.39, 0.29) is 0 Å². The Kier molecular flexibility index (Phi) is 5.16. The molecule has 1 aromatic rings. The molecule has 1 rings (SSSR count). The minimum atomic E-state index is 0.499. The molecule has 0 bridgehead atoms. The van der Waals surface area contributed by atoms with E-state index in [1.54, 1.807) is 0 Å². The Morgan fingerprint density at radius 3 is 2.67 bits per heavy atom. The average molecular weight is 271 g/mol. The maximum atomic E-state index is 5.77. The van der Waals surface area contributed by atoms with E-state index in [0.29, 0.717) is 5.92 Å². The predicted octanol–water partition coefficient (Wildman–Crippen LogP) is 4.75. The van der Waals surface area contributed by atoms with Crippen LogP contribution in [0.5, 0.6) is 5.75 Å². The van der Waals surface area contributed by atoms with Crippen LogP contribution >= 0.6 is 15.9 Å². The molecule has 2 heteroatoms. The molecular weight excluding hydrogens is 252 g/mol. The molecule has 0 heterocycles. The van der Waals surface area contributed by atoms with Crippen LogP contribution in [-0.2, 0) is 0 Å². The van der Waals surface area contributed by atoms with Gasteiger partial charge in [0.15, 0.2) is 0 Å². The van der Waals surface area contributed by atoms with Crippen molar-refractivity contribution in [3.63, 3.8) is 0 Å². The highest BCUT2D eigenvalue weighted by Gasteiger charge is 2.07. The van der Waals surface area contributed by atoms with Crippen LogP contribution in [0.3, 0.4) is 0 Å². The minimum Gasteiger partial charge on any atom is -0.493 e. The molecule has 0 amide bonds. The van der Waals surface area contributed by atoms with Crippen molar-refractivity contribution in [3.8, 4) is 5.75 Å². The Hall–Kier alpha value is -0.500. The Balaban J connectivity index is 2.77. The van der Waals surface area contributed by atoms with E-state index in [2.05, 4.69) is 48.8 Å². The third kappa shape index (κ3) is 3.86. The number of hydrogen-bond donors (Lipinski definition) is 0. The van der Waals surface area contributed by atoms with Crippen LogP contribution < -0.4 is 4.74 Å². The number of halogens is 1. The number of benzene rings is 1. The number of unbranched alkanes of at least 4 members (excludes halogenated alkanes) is 1. The average Bonchev–Trinajstić information content (AvgIpc) is 2.20. The highest BCUT2D eigenvalue weighted by Crippen LogP contribution is 2.29. The van der Waals surface area contributed by atoms with E-state index < -0.39 is 0 Å². The van der Waals surface area contributed by atoms with Crippen molar-refractivity contribution >= 4 is 15.9 Å². The molecule has 0 unspecified atom stereocenters. The normalized spacial score (nSPS) is 10.7. The van der Waals surface area contributed by atoms with Crippen molar-refractivity contribution in [2.24, 2.45) is 0 Å². The molecule has 0 atom stereocenters. The molecule has 0 N–H and O–H groups in total. The minimum absolute atomic E-state index is 0.499. The van der Waals surface area contributed by atoms with Crippen LogP contribution in [0.15, 0.2) is 22.7 Å². The van der Waals surface area contributed by atoms with Gasteiger partial charge in [-0.1, -0.05) is 43.1 Å². The fourth-order valence-electron chi connectivity index (χ4n) is 1.43. The molecule has 0 fully saturated rings. The quantitative estimate of drug-likeness (QED) is 0.702. The van der Waals surface area contributed by atoms with Crippen molar-refractivity contribution < 1.29 is 4.74 Å². The van der Waals surface area contributed by atoms with E-state index in [9.17, 15) is 0 Å². The second kappa shape index (κ2) is 6.16. The molecular formula is C13H19BrO. The van der Waals surface area contributed by atoms with Gasteiger partial charge in [0.25, 0.3) is 0 Å². The van der Waals surface area contributed by atoms with Crippen molar-refractivity contribution in [1.29, 1.82) is 0 Å². The molecule has 0 aliphatic rings. The van der Waals surface area contributed by atoms with E-state index in [1.165, 1.54) is 12.0 Å². The van der Waals surface area contributed by atoms with Crippen LogP contribution in [0.4, 0.5) is 0 Å². The zero-order valence-corrected chi connectivity index (χ0v) is 11.3. The van der Waals surface area contributed by atoms with E-state index in [1.807, 2.05) is 6.07 Å². The fraction of sp³-hybridized carbons (Fsp3) is 0.538. The Morgan fingerprint density at radius 1 is 1.33 bits per heavy atom. The second-order valence-electron chi connectivity index (χ2n) is 4.04. The standard InChI is InChI=1S/C13H19BrO/c1-4-5-8-15-13-7-6-11(14)9-12(13)10(2)3/h6-7,9-10H,4-5,8H2,1-3H3. The van der Waals surface area contributed by atoms with Crippen molar-refractivity contribution in [1.82, 2.24) is 0 Å². The first-order valence-electron chi connectivity index (χ1n) is 5.57. The summed E-state index contributed by atoms with van der Waals surface area (Å²) >= 11 is 3.49. The van der Waals surface area contributed by atoms with Crippen molar-refractivity contribution in [2.75, 3.05) is 6.61 Å². The lowest BCUT2D eigenvalue weighted by atomic mass is 10.0. The zero-order valence-electron chi connectivity index (χ0n) is 9.72. The lowest BCUT2D eigenvalue weighted by Gasteiger charge is -2.14. The summed E-state index contributed by atoms with van der Waals surface area (Å²) in [5.74, 6) is 1.53. The maximum absolute atomic E-state index is 5.77. The predicted molar refractivity (Wildman–Crippen MR) is 68.6 cm³/mol. The van der Waals surface area contributed by atoms with Gasteiger partial charge < -0.3 is 4.74 Å². The second-order valence-corrected chi connectivity index (χ2v) is 4.95. The molecule has 0 radical (unpaired) electrons. The summed E-state index contributed by atoms with van der Waals surface area (Å²) in [6.07, 6.45) is 2.29. The van der Waals surface area contributed by atoms with Gasteiger partial charge in [-0.15, -0.1) is 0 Å². The Labute approximate surface area is 101 Å². The smallest absolute Gasteiger partial charge is 0.122 e. The molecule has 0 aromatic heterocycles. The zero-order chi connectivity index (χ0) is 11.3. The number of rotatable bonds is 5. The fourth-order valence-corrected chi connectivity index (χ4v) is 1.81. The first-order valence-corrected chi connectivity index (χ1v) is 6.36. The third-order valence-corrected chi connectivity index (χ3v) is 2.84. The summed E-state index contributed by atoms with van der Waals surface area (Å²) < 4.78 is 6.89. The molecule has 1 nitrogen and oxygen atoms in total. The molecule has 1 aromatic carbocycles. The first kappa shape index (κ1) is 12.6. The molecule has 0 spiro atoms. The van der Waals surface area contributed by atoms with E-state index in [0.717, 1.165) is 23.2 Å². The van der Waals surface area contributed by atoms with Crippen molar-refractivity contribution in [2.45, 2.75) is 39.5 Å². The van der Waals surface area contributed by atoms with Crippen molar-refractivity contribution in [3.05, 3.63) is 28.2 Å². The van der Waals surface area contributed by atoms with Crippen LogP contribution in [0.1, 0.15) is 45.1 Å². The van der Waals surface area contributed by atoms with Gasteiger partial charge in [-0.3, -0.25) is 0 Å². The first-order chi connectivity index (χ1) is 7.15. The maximum Gasteiger partial charge on any atom is 0.122 e. The van der Waals surface area contributed by atoms with Gasteiger partial charge in [-0.2, -0.15) is 0 Å². The van der Waals surface area contributed by atoms with E-state index >= 15 is 0 Å². The molecule has 0 saturated carbocycles. The third-order valence-electron chi connectivity index (χ3n) is 2.35. The summed E-state index contributed by atoms with van der Waals surface area (Å²) in [5, 5.41) is 0. The molecule has 0 saturated heterocycles. The summed E-state index contributed by atoms with van der Waals surface area (Å²) in [5.41, 5.74) is 1.28. The highest BCUT2D eigenvalue weighted by molar-refractivity contribution is 9.10. The van der Waals surface area contributed by atoms with Crippen LogP contribution in [0.25, 0.3) is 0 Å². The number of hydrogen-bond acceptors (Lipinski definition) is 1. The topological polar surface area (TPSA) is 9.23 Å². The highest BCUT2D eigenvalue weighted by atomic mass is 79.9. The molecule has 0 aliphatic carbocycles. The summed E-state index contributed by atoms with van der Waals surface area (Å²) in [6.45, 7) is 7.37. The van der Waals surface area contributed by atoms with E-state index in [4.69, 9.17) is 4.74 Å². The van der Waals surface area contributed by atoms with Gasteiger partial charge in [0, 0.05) is 4.47 Å². The van der Waals surface area contributed by atoms with Crippen LogP contribution in [-0.4, -0.2) is 6.61 Å². The summed E-state index contributed by atoms with van der Waals surface area (Å²) in [4.78, 5) is 0. The van der Waals surface area contributed by atoms with Gasteiger partial charge in [0.1, 0.15) is 5.75 Å². The number of ether oxygens (including phenoxy) is 1. The van der Waals surface area contributed by atoms with Gasteiger partial charge in [-0.05, 0) is 36.1 Å². The van der Waals surface area contributed by atoms with Gasteiger partial charge in [0.05, 0.1) is 6.61 Å². The molecule has 0 aliphatic heterocycles. The van der Waals surface area contributed by atoms with Gasteiger partial charge in [0.2, 0.25) is 0 Å². The van der Waals surface area contributed by atoms with Gasteiger partial charge in [-0.25, -0.2) is 0 Å². The lowest BCUT2D eigenvalue weighted by Crippen LogP contribution is -2.00. The Bertz CT molecular complexity index is 307. The lowest BCUT2D eigenvalue weighted by molar-refractivity contribution is 0.305. The van der Waals surface area contributed by atoms with Crippen LogP contribution in [0, 0.1) is 0 Å². The summed E-state index contributed by atoms with van der Waals surface area (Å²) in [6, 6.07) is 6.23. The van der Waals surface area contributed by atoms with Crippen LogP contribution in [0.2, 0.25) is 0 Å². The SMILES string of the molecule is CCCCOc1ccc(Br)cc1C(C)C. The largest absolute Gasteiger partial charge is 0.493 e. The Morgan fingerprint density at radius 2 is 2.07 bits per heavy atom. The molecule has 84 valence electrons. The summed E-state index contributed by atoms with van der Waals surface area (Å²) in [7, 11) is 0. The molecule has 15 heavy (non-hydrogen) atoms. The monoisotopic (exact) mass is 270 g/mol.